The van der Waals surface area contributed by atoms with Crippen LogP contribution in [0.3, 0.4) is 0 Å². The zero-order valence-electron chi connectivity index (χ0n) is 8.18. The van der Waals surface area contributed by atoms with Crippen LogP contribution in [0.5, 0.6) is 0 Å². The lowest BCUT2D eigenvalue weighted by molar-refractivity contribution is 1.61. The third kappa shape index (κ3) is 2.12. The fraction of sp³-hybridized carbons (Fsp3) is 0. The van der Waals surface area contributed by atoms with Crippen LogP contribution in [-0.2, 0) is 0 Å². The van der Waals surface area contributed by atoms with Crippen LogP contribution in [0.1, 0.15) is 0 Å². The van der Waals surface area contributed by atoms with Crippen molar-refractivity contribution < 1.29 is 0 Å². The van der Waals surface area contributed by atoms with Gasteiger partial charge in [0.15, 0.2) is 0 Å². The molecule has 0 saturated carbocycles. The minimum absolute atomic E-state index is 0.388. The summed E-state index contributed by atoms with van der Waals surface area (Å²) in [6, 6.07) is 11.0. The molecule has 0 aromatic heterocycles. The minimum Gasteiger partial charge on any atom is -0.396 e. The molecule has 0 aliphatic heterocycles. The van der Waals surface area contributed by atoms with E-state index in [2.05, 4.69) is 0 Å². The number of nitrogen functional groups attached to an aromatic ring is 1. The number of anilines is 1. The molecule has 2 aromatic carbocycles. The second-order valence-electron chi connectivity index (χ2n) is 3.33. The lowest BCUT2D eigenvalue weighted by atomic mass is 10.1. The summed E-state index contributed by atoms with van der Waals surface area (Å²) in [5.74, 6) is 0. The number of rotatable bonds is 1. The van der Waals surface area contributed by atoms with E-state index in [9.17, 15) is 0 Å². The maximum absolute atomic E-state index is 6.09. The SMILES string of the molecule is Nc1c(Cl)cc(-c2ccccc2Cl)cc1Cl. The van der Waals surface area contributed by atoms with Crippen LogP contribution in [0.15, 0.2) is 36.4 Å². The molecule has 2 N–H and O–H groups in total. The van der Waals surface area contributed by atoms with Crippen molar-refractivity contribution in [3.8, 4) is 11.1 Å². The summed E-state index contributed by atoms with van der Waals surface area (Å²) >= 11 is 18.0. The van der Waals surface area contributed by atoms with E-state index in [0.29, 0.717) is 20.8 Å². The molecule has 1 nitrogen and oxygen atoms in total. The Bertz CT molecular complexity index is 515. The molecule has 0 atom stereocenters. The van der Waals surface area contributed by atoms with E-state index in [1.54, 1.807) is 12.1 Å². The predicted molar refractivity (Wildman–Crippen MR) is 71.3 cm³/mol. The summed E-state index contributed by atoms with van der Waals surface area (Å²) in [6.07, 6.45) is 0. The number of hydrogen-bond donors (Lipinski definition) is 1. The highest BCUT2D eigenvalue weighted by Crippen LogP contribution is 2.35. The highest BCUT2D eigenvalue weighted by molar-refractivity contribution is 6.39. The van der Waals surface area contributed by atoms with Gasteiger partial charge in [-0.05, 0) is 23.8 Å². The lowest BCUT2D eigenvalue weighted by Gasteiger charge is -2.08. The predicted octanol–water partition coefficient (Wildman–Crippen LogP) is 4.90. The quantitative estimate of drug-likeness (QED) is 0.734. The smallest absolute Gasteiger partial charge is 0.0693 e. The third-order valence-electron chi connectivity index (χ3n) is 2.26. The minimum atomic E-state index is 0.388. The van der Waals surface area contributed by atoms with Crippen LogP contribution in [-0.4, -0.2) is 0 Å². The van der Waals surface area contributed by atoms with Crippen molar-refractivity contribution in [3.05, 3.63) is 51.5 Å². The fourth-order valence-corrected chi connectivity index (χ4v) is 2.17. The van der Waals surface area contributed by atoms with Crippen molar-refractivity contribution in [2.24, 2.45) is 0 Å². The second-order valence-corrected chi connectivity index (χ2v) is 4.56. The van der Waals surface area contributed by atoms with Crippen molar-refractivity contribution in [2.45, 2.75) is 0 Å². The third-order valence-corrected chi connectivity index (χ3v) is 3.22. The number of halogens is 3. The summed E-state index contributed by atoms with van der Waals surface area (Å²) in [5.41, 5.74) is 7.80. The van der Waals surface area contributed by atoms with E-state index in [1.807, 2.05) is 24.3 Å². The Balaban J connectivity index is 2.62. The molecule has 0 aliphatic rings. The topological polar surface area (TPSA) is 26.0 Å². The Morgan fingerprint density at radius 3 is 1.94 bits per heavy atom. The number of benzene rings is 2. The Kier molecular flexibility index (Phi) is 3.29. The molecule has 2 rings (SSSR count). The van der Waals surface area contributed by atoms with Crippen LogP contribution in [0, 0.1) is 0 Å². The van der Waals surface area contributed by atoms with Crippen LogP contribution in [0.2, 0.25) is 15.1 Å². The summed E-state index contributed by atoms with van der Waals surface area (Å²) < 4.78 is 0. The standard InChI is InChI=1S/C12H8Cl3N/c13-9-4-2-1-3-8(9)7-5-10(14)12(16)11(15)6-7/h1-6H,16H2. The molecule has 0 bridgehead atoms. The summed E-state index contributed by atoms with van der Waals surface area (Å²) in [4.78, 5) is 0. The average Bonchev–Trinajstić information content (AvgIpc) is 2.26. The molecular weight excluding hydrogens is 264 g/mol. The molecule has 0 aliphatic carbocycles. The average molecular weight is 273 g/mol. The van der Waals surface area contributed by atoms with Gasteiger partial charge in [-0.3, -0.25) is 0 Å². The van der Waals surface area contributed by atoms with Crippen molar-refractivity contribution in [1.82, 2.24) is 0 Å². The second kappa shape index (κ2) is 4.54. The molecule has 0 saturated heterocycles. The monoisotopic (exact) mass is 271 g/mol. The van der Waals surface area contributed by atoms with E-state index in [1.165, 1.54) is 0 Å². The van der Waals surface area contributed by atoms with Crippen LogP contribution >= 0.6 is 34.8 Å². The Labute approximate surface area is 109 Å². The zero-order chi connectivity index (χ0) is 11.7. The van der Waals surface area contributed by atoms with Gasteiger partial charge < -0.3 is 5.73 Å². The van der Waals surface area contributed by atoms with E-state index in [0.717, 1.165) is 11.1 Å². The Morgan fingerprint density at radius 2 is 1.38 bits per heavy atom. The highest BCUT2D eigenvalue weighted by atomic mass is 35.5. The van der Waals surface area contributed by atoms with Crippen LogP contribution in [0.4, 0.5) is 5.69 Å². The molecule has 16 heavy (non-hydrogen) atoms. The number of nitrogens with two attached hydrogens (primary N) is 1. The summed E-state index contributed by atoms with van der Waals surface area (Å²) in [5, 5.41) is 1.52. The van der Waals surface area contributed by atoms with Gasteiger partial charge in [-0.1, -0.05) is 53.0 Å². The fourth-order valence-electron chi connectivity index (χ4n) is 1.44. The molecule has 4 heteroatoms. The van der Waals surface area contributed by atoms with E-state index >= 15 is 0 Å². The van der Waals surface area contributed by atoms with Gasteiger partial charge in [0.05, 0.1) is 15.7 Å². The maximum Gasteiger partial charge on any atom is 0.0693 e. The van der Waals surface area contributed by atoms with Gasteiger partial charge in [-0.2, -0.15) is 0 Å². The van der Waals surface area contributed by atoms with Gasteiger partial charge >= 0.3 is 0 Å². The van der Waals surface area contributed by atoms with Gasteiger partial charge in [0.1, 0.15) is 0 Å². The highest BCUT2D eigenvalue weighted by Gasteiger charge is 2.08. The van der Waals surface area contributed by atoms with E-state index in [4.69, 9.17) is 40.5 Å². The first-order valence-corrected chi connectivity index (χ1v) is 5.72. The first-order valence-electron chi connectivity index (χ1n) is 4.59. The first kappa shape index (κ1) is 11.6. The van der Waals surface area contributed by atoms with Gasteiger partial charge in [-0.25, -0.2) is 0 Å². The van der Waals surface area contributed by atoms with Crippen molar-refractivity contribution in [2.75, 3.05) is 5.73 Å². The lowest BCUT2D eigenvalue weighted by Crippen LogP contribution is -1.89. The molecule has 2 aromatic rings. The van der Waals surface area contributed by atoms with Crippen molar-refractivity contribution in [3.63, 3.8) is 0 Å². The van der Waals surface area contributed by atoms with Crippen molar-refractivity contribution >= 4 is 40.5 Å². The van der Waals surface area contributed by atoms with Crippen LogP contribution in [0.25, 0.3) is 11.1 Å². The molecule has 82 valence electrons. The normalized spacial score (nSPS) is 10.4. The molecular formula is C12H8Cl3N. The maximum atomic E-state index is 6.09. The zero-order valence-corrected chi connectivity index (χ0v) is 10.4. The largest absolute Gasteiger partial charge is 0.396 e. The molecule has 0 fully saturated rings. The molecule has 0 unspecified atom stereocenters. The van der Waals surface area contributed by atoms with Gasteiger partial charge in [0.2, 0.25) is 0 Å². The first-order chi connectivity index (χ1) is 7.59. The summed E-state index contributed by atoms with van der Waals surface area (Å²) in [6.45, 7) is 0. The van der Waals surface area contributed by atoms with Crippen LogP contribution < -0.4 is 5.73 Å². The molecule has 0 heterocycles. The molecule has 0 amide bonds. The molecule has 0 radical (unpaired) electrons. The number of hydrogen-bond acceptors (Lipinski definition) is 1. The van der Waals surface area contributed by atoms with Gasteiger partial charge in [0, 0.05) is 10.6 Å². The van der Waals surface area contributed by atoms with Crippen molar-refractivity contribution in [1.29, 1.82) is 0 Å². The Hall–Kier alpha value is -0.890. The Morgan fingerprint density at radius 1 is 0.812 bits per heavy atom. The summed E-state index contributed by atoms with van der Waals surface area (Å²) in [7, 11) is 0. The van der Waals surface area contributed by atoms with Gasteiger partial charge in [-0.15, -0.1) is 0 Å². The van der Waals surface area contributed by atoms with E-state index < -0.39 is 0 Å². The van der Waals surface area contributed by atoms with E-state index in [-0.39, 0.29) is 0 Å². The molecule has 0 spiro atoms. The van der Waals surface area contributed by atoms with Gasteiger partial charge in [0.25, 0.3) is 0 Å².